The van der Waals surface area contributed by atoms with E-state index in [0.29, 0.717) is 22.5 Å². The van der Waals surface area contributed by atoms with Crippen molar-refractivity contribution >= 4 is 23.3 Å². The van der Waals surface area contributed by atoms with Gasteiger partial charge in [-0.15, -0.1) is 0 Å². The van der Waals surface area contributed by atoms with Crippen molar-refractivity contribution in [3.63, 3.8) is 0 Å². The van der Waals surface area contributed by atoms with Crippen LogP contribution >= 0.6 is 0 Å². The van der Waals surface area contributed by atoms with Gasteiger partial charge in [0.15, 0.2) is 5.78 Å². The first-order valence-corrected chi connectivity index (χ1v) is 9.45. The van der Waals surface area contributed by atoms with Crippen LogP contribution in [0.5, 0.6) is 0 Å². The van der Waals surface area contributed by atoms with E-state index >= 15 is 0 Å². The number of carbonyl (C=O) groups excluding carboxylic acids is 3. The molecule has 0 bridgehead atoms. The van der Waals surface area contributed by atoms with E-state index in [1.165, 1.54) is 7.11 Å². The molecule has 2 N–H and O–H groups in total. The lowest BCUT2D eigenvalue weighted by Gasteiger charge is -2.23. The molecule has 2 aromatic rings. The molecule has 1 aromatic carbocycles. The molecular formula is C22H29N3O4. The number of hydrogen-bond acceptors (Lipinski definition) is 5. The fourth-order valence-corrected chi connectivity index (χ4v) is 3.24. The number of anilines is 1. The fraction of sp³-hybridized carbons (Fsp3) is 0.409. The number of aryl methyl sites for hydroxylation is 3. The number of hydrogen-bond donors (Lipinski definition) is 2. The number of H-pyrrole nitrogens is 1. The number of benzene rings is 1. The van der Waals surface area contributed by atoms with Crippen molar-refractivity contribution in [2.24, 2.45) is 0 Å². The molecule has 0 saturated carbocycles. The van der Waals surface area contributed by atoms with Gasteiger partial charge in [-0.05, 0) is 64.4 Å². The first-order chi connectivity index (χ1) is 13.6. The number of esters is 1. The van der Waals surface area contributed by atoms with Gasteiger partial charge in [-0.25, -0.2) is 4.79 Å². The van der Waals surface area contributed by atoms with E-state index in [0.717, 1.165) is 16.8 Å². The number of aromatic nitrogens is 1. The first kappa shape index (κ1) is 22.4. The number of likely N-dealkylation sites (N-methyl/N-ethyl adjacent to an activating group) is 1. The van der Waals surface area contributed by atoms with Crippen LogP contribution < -0.4 is 5.32 Å². The maximum Gasteiger partial charge on any atom is 0.339 e. The zero-order valence-corrected chi connectivity index (χ0v) is 18.1. The van der Waals surface area contributed by atoms with Gasteiger partial charge in [0.25, 0.3) is 0 Å². The van der Waals surface area contributed by atoms with Crippen LogP contribution in [-0.4, -0.2) is 54.3 Å². The largest absolute Gasteiger partial charge is 0.465 e. The van der Waals surface area contributed by atoms with Gasteiger partial charge in [0.1, 0.15) is 0 Å². The topological polar surface area (TPSA) is 91.5 Å². The number of methoxy groups -OCH3 is 1. The minimum absolute atomic E-state index is 0.0584. The smallest absolute Gasteiger partial charge is 0.339 e. The summed E-state index contributed by atoms with van der Waals surface area (Å²) in [5.41, 5.74) is 4.67. The van der Waals surface area contributed by atoms with E-state index in [9.17, 15) is 14.4 Å². The van der Waals surface area contributed by atoms with Crippen molar-refractivity contribution in [1.82, 2.24) is 9.88 Å². The average molecular weight is 399 g/mol. The maximum atomic E-state index is 13.0. The molecule has 0 aliphatic carbocycles. The van der Waals surface area contributed by atoms with Crippen molar-refractivity contribution < 1.29 is 19.1 Å². The molecule has 0 aliphatic heterocycles. The molecule has 0 aliphatic rings. The van der Waals surface area contributed by atoms with Gasteiger partial charge in [0, 0.05) is 11.4 Å². The van der Waals surface area contributed by atoms with Crippen LogP contribution in [0, 0.1) is 27.7 Å². The van der Waals surface area contributed by atoms with Crippen LogP contribution in [0.2, 0.25) is 0 Å². The van der Waals surface area contributed by atoms with Crippen LogP contribution in [0.15, 0.2) is 18.2 Å². The molecule has 1 amide bonds. The van der Waals surface area contributed by atoms with Crippen molar-refractivity contribution in [1.29, 1.82) is 0 Å². The van der Waals surface area contributed by atoms with E-state index in [4.69, 9.17) is 4.74 Å². The lowest BCUT2D eigenvalue weighted by Crippen LogP contribution is -2.41. The van der Waals surface area contributed by atoms with Gasteiger partial charge >= 0.3 is 5.97 Å². The minimum Gasteiger partial charge on any atom is -0.465 e. The Hall–Kier alpha value is -2.93. The Balaban J connectivity index is 2.10. The molecule has 1 heterocycles. The summed E-state index contributed by atoms with van der Waals surface area (Å²) in [5.74, 6) is -0.873. The molecule has 156 valence electrons. The highest BCUT2D eigenvalue weighted by molar-refractivity contribution is 6.04. The highest BCUT2D eigenvalue weighted by atomic mass is 16.5. The monoisotopic (exact) mass is 399 g/mol. The van der Waals surface area contributed by atoms with Crippen LogP contribution in [-0.2, 0) is 9.53 Å². The Morgan fingerprint density at radius 2 is 1.83 bits per heavy atom. The maximum absolute atomic E-state index is 13.0. The number of aromatic amines is 1. The number of amides is 1. The summed E-state index contributed by atoms with van der Waals surface area (Å²) in [6.45, 7) is 9.13. The molecular weight excluding hydrogens is 370 g/mol. The van der Waals surface area contributed by atoms with E-state index < -0.39 is 12.0 Å². The zero-order chi connectivity index (χ0) is 21.9. The number of rotatable bonds is 7. The third-order valence-electron chi connectivity index (χ3n) is 5.17. The van der Waals surface area contributed by atoms with Crippen molar-refractivity contribution in [3.05, 3.63) is 51.8 Å². The molecule has 0 radical (unpaired) electrons. The van der Waals surface area contributed by atoms with E-state index in [1.807, 2.05) is 32.0 Å². The highest BCUT2D eigenvalue weighted by Gasteiger charge is 2.28. The summed E-state index contributed by atoms with van der Waals surface area (Å²) >= 11 is 0. The second kappa shape index (κ2) is 9.05. The van der Waals surface area contributed by atoms with Crippen LogP contribution in [0.3, 0.4) is 0 Å². The van der Waals surface area contributed by atoms with Gasteiger partial charge in [-0.2, -0.15) is 0 Å². The van der Waals surface area contributed by atoms with Crippen LogP contribution in [0.1, 0.15) is 50.2 Å². The normalized spacial score (nSPS) is 12.0. The summed E-state index contributed by atoms with van der Waals surface area (Å²) in [6.07, 6.45) is 0. The first-order valence-electron chi connectivity index (χ1n) is 9.45. The van der Waals surface area contributed by atoms with Gasteiger partial charge in [-0.3, -0.25) is 14.5 Å². The third-order valence-corrected chi connectivity index (χ3v) is 5.17. The van der Waals surface area contributed by atoms with Crippen LogP contribution in [0.25, 0.3) is 0 Å². The Morgan fingerprint density at radius 3 is 2.45 bits per heavy atom. The number of ether oxygens (including phenoxy) is 1. The Kier molecular flexibility index (Phi) is 6.97. The summed E-state index contributed by atoms with van der Waals surface area (Å²) in [6, 6.07) is 5.31. The van der Waals surface area contributed by atoms with Gasteiger partial charge < -0.3 is 15.0 Å². The lowest BCUT2D eigenvalue weighted by molar-refractivity contribution is -0.117. The van der Waals surface area contributed by atoms with Crippen LogP contribution in [0.4, 0.5) is 5.69 Å². The molecule has 0 unspecified atom stereocenters. The van der Waals surface area contributed by atoms with Crippen molar-refractivity contribution in [3.8, 4) is 0 Å². The molecule has 1 atom stereocenters. The summed E-state index contributed by atoms with van der Waals surface area (Å²) < 4.78 is 4.79. The van der Waals surface area contributed by atoms with Gasteiger partial charge in [-0.1, -0.05) is 12.1 Å². The second-order valence-electron chi connectivity index (χ2n) is 7.44. The number of nitrogens with one attached hydrogen (secondary N) is 2. The molecule has 0 spiro atoms. The summed E-state index contributed by atoms with van der Waals surface area (Å²) in [4.78, 5) is 42.1. The third kappa shape index (κ3) is 4.92. The zero-order valence-electron chi connectivity index (χ0n) is 18.1. The Morgan fingerprint density at radius 1 is 1.17 bits per heavy atom. The Labute approximate surface area is 171 Å². The quantitative estimate of drug-likeness (QED) is 0.551. The SMILES string of the molecule is COC(=O)c1c(C)[nH]c(C(=O)[C@@H](C)N(C)CC(=O)Nc2cc(C)ccc2C)c1C. The average Bonchev–Trinajstić information content (AvgIpc) is 2.96. The minimum atomic E-state index is -0.554. The molecule has 1 aromatic heterocycles. The van der Waals surface area contributed by atoms with Gasteiger partial charge in [0.05, 0.1) is 31.0 Å². The summed E-state index contributed by atoms with van der Waals surface area (Å²) in [5, 5.41) is 2.90. The number of carbonyl (C=O) groups is 3. The molecule has 2 rings (SSSR count). The predicted molar refractivity (Wildman–Crippen MR) is 113 cm³/mol. The van der Waals surface area contributed by atoms with Crippen molar-refractivity contribution in [2.75, 3.05) is 26.0 Å². The lowest BCUT2D eigenvalue weighted by atomic mass is 10.0. The molecule has 7 heteroatoms. The predicted octanol–water partition coefficient (Wildman–Crippen LogP) is 3.18. The van der Waals surface area contributed by atoms with E-state index in [1.54, 1.807) is 32.7 Å². The molecule has 0 saturated heterocycles. The Bertz CT molecular complexity index is 946. The number of nitrogens with zero attached hydrogens (tertiary/aromatic N) is 1. The molecule has 29 heavy (non-hydrogen) atoms. The standard InChI is InChI=1S/C22H29N3O4/c1-12-8-9-13(2)17(10-12)24-18(26)11-25(6)16(5)21(27)20-14(3)19(15(4)23-20)22(28)29-7/h8-10,16,23H,11H2,1-7H3,(H,24,26)/t16-/m1/s1. The van der Waals surface area contributed by atoms with E-state index in [2.05, 4.69) is 10.3 Å². The van der Waals surface area contributed by atoms with E-state index in [-0.39, 0.29) is 18.2 Å². The summed E-state index contributed by atoms with van der Waals surface area (Å²) in [7, 11) is 3.03. The van der Waals surface area contributed by atoms with Gasteiger partial charge in [0.2, 0.25) is 5.91 Å². The fourth-order valence-electron chi connectivity index (χ4n) is 3.24. The molecule has 7 nitrogen and oxygen atoms in total. The second-order valence-corrected chi connectivity index (χ2v) is 7.44. The number of ketones is 1. The number of Topliss-reactive ketones (excluding diaryl/α,β-unsaturated/α-hetero) is 1. The molecule has 0 fully saturated rings. The highest BCUT2D eigenvalue weighted by Crippen LogP contribution is 2.21. The van der Waals surface area contributed by atoms with Crippen molar-refractivity contribution in [2.45, 2.75) is 40.7 Å².